The third kappa shape index (κ3) is 3.73. The number of anilines is 1. The highest BCUT2D eigenvalue weighted by Crippen LogP contribution is 2.36. The van der Waals surface area contributed by atoms with E-state index in [-0.39, 0.29) is 16.2 Å². The van der Waals surface area contributed by atoms with Crippen LogP contribution in [0.4, 0.5) is 18.9 Å². The Hall–Kier alpha value is -2.49. The quantitative estimate of drug-likeness (QED) is 0.799. The number of nitrogens with zero attached hydrogens (tertiary/aromatic N) is 1. The van der Waals surface area contributed by atoms with Gasteiger partial charge in [-0.15, -0.1) is 0 Å². The molecular formula is C18H20F3N3O3S. The van der Waals surface area contributed by atoms with E-state index < -0.39 is 33.4 Å². The third-order valence-corrected chi connectivity index (χ3v) is 6.21. The van der Waals surface area contributed by atoms with Crippen LogP contribution in [0.2, 0.25) is 0 Å². The molecule has 1 aromatic carbocycles. The van der Waals surface area contributed by atoms with E-state index in [0.29, 0.717) is 18.8 Å². The van der Waals surface area contributed by atoms with E-state index in [2.05, 4.69) is 4.98 Å². The zero-order valence-corrected chi connectivity index (χ0v) is 16.2. The van der Waals surface area contributed by atoms with E-state index in [1.165, 1.54) is 19.1 Å². The van der Waals surface area contributed by atoms with Crippen LogP contribution < -0.4 is 4.72 Å². The zero-order chi connectivity index (χ0) is 20.7. The highest BCUT2D eigenvalue weighted by atomic mass is 32.2. The van der Waals surface area contributed by atoms with Crippen molar-refractivity contribution >= 4 is 21.6 Å². The van der Waals surface area contributed by atoms with Gasteiger partial charge in [-0.05, 0) is 38.8 Å². The first kappa shape index (κ1) is 20.2. The van der Waals surface area contributed by atoms with Crippen LogP contribution in [-0.4, -0.2) is 37.3 Å². The summed E-state index contributed by atoms with van der Waals surface area (Å²) < 4.78 is 67.6. The fourth-order valence-corrected chi connectivity index (χ4v) is 4.98. The van der Waals surface area contributed by atoms with Gasteiger partial charge >= 0.3 is 6.18 Å². The summed E-state index contributed by atoms with van der Waals surface area (Å²) in [5.74, 6) is -0.441. The Labute approximate surface area is 160 Å². The molecule has 0 atom stereocenters. The number of aromatic amines is 1. The molecule has 28 heavy (non-hydrogen) atoms. The van der Waals surface area contributed by atoms with Gasteiger partial charge in [-0.2, -0.15) is 13.2 Å². The van der Waals surface area contributed by atoms with Gasteiger partial charge in [0, 0.05) is 24.5 Å². The molecule has 6 nitrogen and oxygen atoms in total. The number of hydrogen-bond donors (Lipinski definition) is 2. The van der Waals surface area contributed by atoms with Gasteiger partial charge < -0.3 is 9.88 Å². The summed E-state index contributed by atoms with van der Waals surface area (Å²) >= 11 is 0. The second-order valence-corrected chi connectivity index (χ2v) is 8.35. The van der Waals surface area contributed by atoms with Crippen LogP contribution in [0, 0.1) is 13.8 Å². The van der Waals surface area contributed by atoms with Crippen LogP contribution in [0.15, 0.2) is 29.2 Å². The summed E-state index contributed by atoms with van der Waals surface area (Å²) in [7, 11) is -4.44. The Kier molecular flexibility index (Phi) is 5.18. The zero-order valence-electron chi connectivity index (χ0n) is 15.4. The molecule has 10 heteroatoms. The molecule has 1 fully saturated rings. The molecule has 1 aliphatic rings. The highest BCUT2D eigenvalue weighted by molar-refractivity contribution is 7.92. The number of likely N-dealkylation sites (tertiary alicyclic amines) is 1. The average Bonchev–Trinajstić information content (AvgIpc) is 3.21. The maximum absolute atomic E-state index is 13.2. The number of H-pyrrole nitrogens is 1. The Bertz CT molecular complexity index is 1010. The molecule has 0 aliphatic carbocycles. The number of rotatable bonds is 4. The predicted molar refractivity (Wildman–Crippen MR) is 97.7 cm³/mol. The number of carbonyl (C=O) groups excluding carboxylic acids is 1. The van der Waals surface area contributed by atoms with E-state index >= 15 is 0 Å². The normalized spacial score (nSPS) is 15.1. The molecule has 2 aromatic rings. The van der Waals surface area contributed by atoms with Crippen molar-refractivity contribution in [1.82, 2.24) is 9.88 Å². The second kappa shape index (κ2) is 7.16. The number of aryl methyl sites for hydroxylation is 2. The summed E-state index contributed by atoms with van der Waals surface area (Å²) in [6.45, 7) is 4.08. The maximum atomic E-state index is 13.2. The van der Waals surface area contributed by atoms with Crippen LogP contribution >= 0.6 is 0 Å². The van der Waals surface area contributed by atoms with E-state index in [0.717, 1.165) is 25.0 Å². The molecule has 0 radical (unpaired) electrons. The van der Waals surface area contributed by atoms with E-state index in [4.69, 9.17) is 0 Å². The van der Waals surface area contributed by atoms with Crippen molar-refractivity contribution in [2.45, 2.75) is 37.8 Å². The first-order valence-corrected chi connectivity index (χ1v) is 10.2. The lowest BCUT2D eigenvalue weighted by Gasteiger charge is -2.18. The number of benzene rings is 1. The molecule has 0 bridgehead atoms. The van der Waals surface area contributed by atoms with Gasteiger partial charge in [0.2, 0.25) is 0 Å². The van der Waals surface area contributed by atoms with Crippen molar-refractivity contribution in [2.24, 2.45) is 0 Å². The third-order valence-electron chi connectivity index (χ3n) is 4.67. The lowest BCUT2D eigenvalue weighted by molar-refractivity contribution is -0.136. The van der Waals surface area contributed by atoms with Crippen LogP contribution in [0.25, 0.3) is 0 Å². The van der Waals surface area contributed by atoms with Crippen LogP contribution in [0.5, 0.6) is 0 Å². The molecule has 1 aromatic heterocycles. The number of amides is 1. The highest BCUT2D eigenvalue weighted by Gasteiger charge is 2.36. The van der Waals surface area contributed by atoms with Crippen molar-refractivity contribution in [3.05, 3.63) is 46.8 Å². The minimum absolute atomic E-state index is 0.0311. The standard InChI is InChI=1S/C18H20F3N3O3S/c1-11-15(17(25)24-9-5-6-10-24)16(12(2)22-11)28(26,27)23-14-8-4-3-7-13(14)18(19,20)21/h3-4,7-8,22-23H,5-6,9-10H2,1-2H3. The van der Waals surface area contributed by atoms with Gasteiger partial charge in [0.1, 0.15) is 4.90 Å². The molecule has 0 spiro atoms. The van der Waals surface area contributed by atoms with Crippen molar-refractivity contribution in [3.8, 4) is 0 Å². The number of carbonyl (C=O) groups is 1. The number of alkyl halides is 3. The number of nitrogens with one attached hydrogen (secondary N) is 2. The van der Waals surface area contributed by atoms with Crippen LogP contribution in [0.1, 0.15) is 40.2 Å². The van der Waals surface area contributed by atoms with Gasteiger partial charge in [0.05, 0.1) is 16.8 Å². The predicted octanol–water partition coefficient (Wildman–Crippen LogP) is 3.69. The summed E-state index contributed by atoms with van der Waals surface area (Å²) in [6.07, 6.45) is -3.07. The summed E-state index contributed by atoms with van der Waals surface area (Å²) in [5, 5.41) is 0. The first-order chi connectivity index (χ1) is 13.0. The smallest absolute Gasteiger partial charge is 0.361 e. The number of para-hydroxylation sites is 1. The molecule has 0 saturated carbocycles. The molecule has 0 unspecified atom stereocenters. The lowest BCUT2D eigenvalue weighted by Crippen LogP contribution is -2.30. The summed E-state index contributed by atoms with van der Waals surface area (Å²) in [5.41, 5.74) is -1.17. The Morgan fingerprint density at radius 2 is 1.71 bits per heavy atom. The molecule has 1 amide bonds. The Balaban J connectivity index is 2.06. The number of halogens is 3. The van der Waals surface area contributed by atoms with Gasteiger partial charge in [-0.1, -0.05) is 12.1 Å². The number of aromatic nitrogens is 1. The molecule has 3 rings (SSSR count). The van der Waals surface area contributed by atoms with E-state index in [1.807, 2.05) is 4.72 Å². The van der Waals surface area contributed by atoms with Crippen molar-refractivity contribution < 1.29 is 26.4 Å². The molecule has 1 saturated heterocycles. The van der Waals surface area contributed by atoms with Crippen LogP contribution in [-0.2, 0) is 16.2 Å². The monoisotopic (exact) mass is 415 g/mol. The first-order valence-electron chi connectivity index (χ1n) is 8.70. The van der Waals surface area contributed by atoms with Crippen molar-refractivity contribution in [3.63, 3.8) is 0 Å². The average molecular weight is 415 g/mol. The SMILES string of the molecule is Cc1[nH]c(C)c(S(=O)(=O)Nc2ccccc2C(F)(F)F)c1C(=O)N1CCCC1. The molecule has 1 aliphatic heterocycles. The molecular weight excluding hydrogens is 395 g/mol. The molecule has 2 N–H and O–H groups in total. The minimum atomic E-state index is -4.73. The Morgan fingerprint density at radius 3 is 2.32 bits per heavy atom. The summed E-state index contributed by atoms with van der Waals surface area (Å²) in [6, 6.07) is 4.31. The molecule has 2 heterocycles. The number of sulfonamides is 1. The molecule has 152 valence electrons. The van der Waals surface area contributed by atoms with E-state index in [1.54, 1.807) is 11.8 Å². The Morgan fingerprint density at radius 1 is 1.11 bits per heavy atom. The maximum Gasteiger partial charge on any atom is 0.418 e. The van der Waals surface area contributed by atoms with Gasteiger partial charge in [-0.25, -0.2) is 8.42 Å². The van der Waals surface area contributed by atoms with Gasteiger partial charge in [0.25, 0.3) is 15.9 Å². The topological polar surface area (TPSA) is 82.3 Å². The van der Waals surface area contributed by atoms with Crippen molar-refractivity contribution in [1.29, 1.82) is 0 Å². The second-order valence-electron chi connectivity index (χ2n) is 6.73. The minimum Gasteiger partial charge on any atom is -0.361 e. The fraction of sp³-hybridized carbons (Fsp3) is 0.389. The summed E-state index contributed by atoms with van der Waals surface area (Å²) in [4.78, 5) is 16.9. The van der Waals surface area contributed by atoms with Crippen LogP contribution in [0.3, 0.4) is 0 Å². The number of hydrogen-bond acceptors (Lipinski definition) is 3. The fourth-order valence-electron chi connectivity index (χ4n) is 3.45. The van der Waals surface area contributed by atoms with Crippen molar-refractivity contribution in [2.75, 3.05) is 17.8 Å². The van der Waals surface area contributed by atoms with Gasteiger partial charge in [-0.3, -0.25) is 9.52 Å². The lowest BCUT2D eigenvalue weighted by atomic mass is 10.2. The van der Waals surface area contributed by atoms with E-state index in [9.17, 15) is 26.4 Å². The largest absolute Gasteiger partial charge is 0.418 e. The van der Waals surface area contributed by atoms with Gasteiger partial charge in [0.15, 0.2) is 0 Å².